The van der Waals surface area contributed by atoms with Crippen molar-refractivity contribution in [1.82, 2.24) is 5.32 Å². The molecule has 1 N–H and O–H groups in total. The van der Waals surface area contributed by atoms with Crippen molar-refractivity contribution < 1.29 is 23.8 Å². The third kappa shape index (κ3) is 13.1. The molecule has 0 spiro atoms. The van der Waals surface area contributed by atoms with Crippen molar-refractivity contribution in [3.8, 4) is 0 Å². The van der Waals surface area contributed by atoms with Crippen LogP contribution in [-0.4, -0.2) is 45.5 Å². The van der Waals surface area contributed by atoms with Crippen molar-refractivity contribution in [3.05, 3.63) is 0 Å². The molecule has 118 valence electrons. The number of nitrogens with one attached hydrogen (secondary N) is 1. The lowest BCUT2D eigenvalue weighted by Crippen LogP contribution is -2.28. The van der Waals surface area contributed by atoms with Crippen molar-refractivity contribution in [2.45, 2.75) is 45.4 Å². The van der Waals surface area contributed by atoms with Gasteiger partial charge in [-0.05, 0) is 6.42 Å². The Morgan fingerprint density at radius 3 is 2.40 bits per heavy atom. The summed E-state index contributed by atoms with van der Waals surface area (Å²) in [6.07, 6.45) is 5.21. The number of esters is 1. The number of unbranched alkanes of at least 4 members (excludes halogenated alkanes) is 4. The van der Waals surface area contributed by atoms with Crippen LogP contribution in [0.1, 0.15) is 45.4 Å². The van der Waals surface area contributed by atoms with Gasteiger partial charge in [-0.3, -0.25) is 4.79 Å². The van der Waals surface area contributed by atoms with Crippen molar-refractivity contribution in [2.24, 2.45) is 0 Å². The number of carbonyl (C=O) groups is 2. The zero-order chi connectivity index (χ0) is 15.1. The molecule has 0 rings (SSSR count). The van der Waals surface area contributed by atoms with E-state index in [9.17, 15) is 9.59 Å². The van der Waals surface area contributed by atoms with Gasteiger partial charge in [0.25, 0.3) is 0 Å². The standard InChI is InChI=1S/C14H27NO5/c1-3-4-5-6-7-10-19-13(16)8-9-15-14(17)20-12-11-18-2/h3-12H2,1-2H3,(H,15,17). The fraction of sp³-hybridized carbons (Fsp3) is 0.857. The average molecular weight is 289 g/mol. The smallest absolute Gasteiger partial charge is 0.407 e. The molecule has 0 heterocycles. The molecule has 20 heavy (non-hydrogen) atoms. The molecule has 0 aliphatic rings. The highest BCUT2D eigenvalue weighted by molar-refractivity contribution is 5.71. The summed E-state index contributed by atoms with van der Waals surface area (Å²) in [6.45, 7) is 3.40. The number of amides is 1. The van der Waals surface area contributed by atoms with E-state index in [1.165, 1.54) is 26.4 Å². The molecule has 6 nitrogen and oxygen atoms in total. The third-order valence-electron chi connectivity index (χ3n) is 2.63. The van der Waals surface area contributed by atoms with Gasteiger partial charge in [-0.2, -0.15) is 0 Å². The van der Waals surface area contributed by atoms with Gasteiger partial charge in [-0.1, -0.05) is 32.6 Å². The normalized spacial score (nSPS) is 10.1. The number of hydrogen-bond donors (Lipinski definition) is 1. The minimum absolute atomic E-state index is 0.161. The number of methoxy groups -OCH3 is 1. The summed E-state index contributed by atoms with van der Waals surface area (Å²) in [5.41, 5.74) is 0. The van der Waals surface area contributed by atoms with Crippen LogP contribution in [0.5, 0.6) is 0 Å². The van der Waals surface area contributed by atoms with Gasteiger partial charge >= 0.3 is 12.1 Å². The first-order valence-corrected chi connectivity index (χ1v) is 7.25. The molecule has 0 aliphatic carbocycles. The van der Waals surface area contributed by atoms with Gasteiger partial charge in [-0.15, -0.1) is 0 Å². The van der Waals surface area contributed by atoms with Gasteiger partial charge in [0.2, 0.25) is 0 Å². The Kier molecular flexibility index (Phi) is 13.2. The molecule has 0 radical (unpaired) electrons. The fourth-order valence-electron chi connectivity index (χ4n) is 1.50. The highest BCUT2D eigenvalue weighted by Gasteiger charge is 2.05. The maximum absolute atomic E-state index is 11.3. The molecule has 0 saturated heterocycles. The Bertz CT molecular complexity index is 258. The highest BCUT2D eigenvalue weighted by atomic mass is 16.6. The number of ether oxygens (including phenoxy) is 3. The number of alkyl carbamates (subject to hydrolysis) is 1. The lowest BCUT2D eigenvalue weighted by molar-refractivity contribution is -0.143. The van der Waals surface area contributed by atoms with Crippen LogP contribution in [0.3, 0.4) is 0 Å². The molecule has 6 heteroatoms. The van der Waals surface area contributed by atoms with E-state index in [0.717, 1.165) is 12.8 Å². The summed E-state index contributed by atoms with van der Waals surface area (Å²) in [6, 6.07) is 0. The zero-order valence-electron chi connectivity index (χ0n) is 12.6. The second-order valence-electron chi connectivity index (χ2n) is 4.44. The summed E-state index contributed by atoms with van der Waals surface area (Å²) >= 11 is 0. The quantitative estimate of drug-likeness (QED) is 0.440. The Morgan fingerprint density at radius 2 is 1.70 bits per heavy atom. The van der Waals surface area contributed by atoms with Gasteiger partial charge in [0.15, 0.2) is 0 Å². The zero-order valence-corrected chi connectivity index (χ0v) is 12.6. The predicted molar refractivity (Wildman–Crippen MR) is 75.6 cm³/mol. The van der Waals surface area contributed by atoms with E-state index < -0.39 is 6.09 Å². The number of rotatable bonds is 12. The second-order valence-corrected chi connectivity index (χ2v) is 4.44. The molecule has 0 aromatic rings. The van der Waals surface area contributed by atoms with E-state index >= 15 is 0 Å². The van der Waals surface area contributed by atoms with Crippen molar-refractivity contribution in [1.29, 1.82) is 0 Å². The van der Waals surface area contributed by atoms with Gasteiger partial charge in [0, 0.05) is 13.7 Å². The first-order valence-electron chi connectivity index (χ1n) is 7.25. The summed E-state index contributed by atoms with van der Waals surface area (Å²) in [5.74, 6) is -0.294. The van der Waals surface area contributed by atoms with Gasteiger partial charge in [-0.25, -0.2) is 4.79 Å². The van der Waals surface area contributed by atoms with E-state index in [0.29, 0.717) is 13.2 Å². The molecule has 0 atom stereocenters. The van der Waals surface area contributed by atoms with Crippen molar-refractivity contribution in [2.75, 3.05) is 33.5 Å². The first-order chi connectivity index (χ1) is 9.70. The lowest BCUT2D eigenvalue weighted by atomic mass is 10.2. The number of carbonyl (C=O) groups excluding carboxylic acids is 2. The summed E-state index contributed by atoms with van der Waals surface area (Å²) in [5, 5.41) is 2.47. The van der Waals surface area contributed by atoms with E-state index in [1.807, 2.05) is 0 Å². The molecular formula is C14H27NO5. The summed E-state index contributed by atoms with van der Waals surface area (Å²) in [7, 11) is 1.53. The number of hydrogen-bond acceptors (Lipinski definition) is 5. The van der Waals surface area contributed by atoms with E-state index in [1.54, 1.807) is 0 Å². The minimum atomic E-state index is -0.547. The molecule has 0 bridgehead atoms. The van der Waals surface area contributed by atoms with Gasteiger partial charge in [0.05, 0.1) is 19.6 Å². The van der Waals surface area contributed by atoms with Crippen LogP contribution in [0.25, 0.3) is 0 Å². The molecule has 0 aromatic heterocycles. The molecule has 0 unspecified atom stereocenters. The van der Waals surface area contributed by atoms with Crippen LogP contribution >= 0.6 is 0 Å². The minimum Gasteiger partial charge on any atom is -0.466 e. The van der Waals surface area contributed by atoms with E-state index in [4.69, 9.17) is 14.2 Å². The average Bonchev–Trinajstić information content (AvgIpc) is 2.43. The van der Waals surface area contributed by atoms with Gasteiger partial charge in [0.1, 0.15) is 6.61 Å². The van der Waals surface area contributed by atoms with Crippen LogP contribution in [0.4, 0.5) is 4.79 Å². The molecule has 1 amide bonds. The maximum Gasteiger partial charge on any atom is 0.407 e. The summed E-state index contributed by atoms with van der Waals surface area (Å²) < 4.78 is 14.6. The summed E-state index contributed by atoms with van der Waals surface area (Å²) in [4.78, 5) is 22.5. The molecule has 0 fully saturated rings. The topological polar surface area (TPSA) is 73.9 Å². The first kappa shape index (κ1) is 18.7. The highest BCUT2D eigenvalue weighted by Crippen LogP contribution is 2.02. The van der Waals surface area contributed by atoms with Crippen molar-refractivity contribution in [3.63, 3.8) is 0 Å². The van der Waals surface area contributed by atoms with Gasteiger partial charge < -0.3 is 19.5 Å². The van der Waals surface area contributed by atoms with E-state index in [2.05, 4.69) is 12.2 Å². The Hall–Kier alpha value is -1.30. The van der Waals surface area contributed by atoms with Crippen LogP contribution in [0.15, 0.2) is 0 Å². The third-order valence-corrected chi connectivity index (χ3v) is 2.63. The Balaban J connectivity index is 3.33. The predicted octanol–water partition coefficient (Wildman–Crippen LogP) is 2.26. The monoisotopic (exact) mass is 289 g/mol. The Labute approximate surface area is 121 Å². The molecule has 0 aromatic carbocycles. The second kappa shape index (κ2) is 14.1. The van der Waals surface area contributed by atoms with Crippen LogP contribution in [-0.2, 0) is 19.0 Å². The molecule has 0 aliphatic heterocycles. The molecule has 0 saturated carbocycles. The van der Waals surface area contributed by atoms with E-state index in [-0.39, 0.29) is 25.5 Å². The fourth-order valence-corrected chi connectivity index (χ4v) is 1.50. The van der Waals surface area contributed by atoms with Crippen molar-refractivity contribution >= 4 is 12.1 Å². The van der Waals surface area contributed by atoms with Crippen LogP contribution in [0, 0.1) is 0 Å². The van der Waals surface area contributed by atoms with Crippen LogP contribution in [0.2, 0.25) is 0 Å². The van der Waals surface area contributed by atoms with Crippen LogP contribution < -0.4 is 5.32 Å². The maximum atomic E-state index is 11.3. The largest absolute Gasteiger partial charge is 0.466 e. The molecular weight excluding hydrogens is 262 g/mol. The lowest BCUT2D eigenvalue weighted by Gasteiger charge is -2.07. The Morgan fingerprint density at radius 1 is 0.950 bits per heavy atom. The SMILES string of the molecule is CCCCCCCOC(=O)CCNC(=O)OCCOC.